The lowest BCUT2D eigenvalue weighted by atomic mass is 10.3. The summed E-state index contributed by atoms with van der Waals surface area (Å²) in [4.78, 5) is 2.12. The second-order valence-corrected chi connectivity index (χ2v) is 3.54. The third-order valence-corrected chi connectivity index (χ3v) is 2.16. The molecule has 1 rings (SSSR count). The maximum absolute atomic E-state index is 2.23. The zero-order valence-corrected chi connectivity index (χ0v) is 10.8. The Morgan fingerprint density at radius 3 is 2.21 bits per heavy atom. The number of unbranched alkanes of at least 4 members (excludes halogenated alkanes) is 1. The van der Waals surface area contributed by atoms with Crippen LogP contribution in [0.15, 0.2) is 24.5 Å². The lowest BCUT2D eigenvalue weighted by Crippen LogP contribution is -3.00. The van der Waals surface area contributed by atoms with E-state index in [2.05, 4.69) is 55.0 Å². The molecule has 3 heteroatoms. The SMILES string of the molecule is CCCC[n+]1ccc(N(C)C)cc1.[Br-]. The van der Waals surface area contributed by atoms with Crippen LogP contribution in [0.1, 0.15) is 19.8 Å². The predicted molar refractivity (Wildman–Crippen MR) is 55.9 cm³/mol. The highest BCUT2D eigenvalue weighted by Crippen LogP contribution is 2.05. The van der Waals surface area contributed by atoms with Crippen molar-refractivity contribution in [3.8, 4) is 0 Å². The van der Waals surface area contributed by atoms with Crippen molar-refractivity contribution in [2.75, 3.05) is 19.0 Å². The highest BCUT2D eigenvalue weighted by molar-refractivity contribution is 5.41. The maximum Gasteiger partial charge on any atom is 0.170 e. The largest absolute Gasteiger partial charge is 1.00 e. The van der Waals surface area contributed by atoms with Gasteiger partial charge < -0.3 is 21.9 Å². The van der Waals surface area contributed by atoms with E-state index in [4.69, 9.17) is 0 Å². The van der Waals surface area contributed by atoms with E-state index in [9.17, 15) is 0 Å². The van der Waals surface area contributed by atoms with E-state index in [0.717, 1.165) is 6.54 Å². The summed E-state index contributed by atoms with van der Waals surface area (Å²) in [5.41, 5.74) is 1.26. The second kappa shape index (κ2) is 6.82. The van der Waals surface area contributed by atoms with Crippen LogP contribution in [0, 0.1) is 0 Å². The summed E-state index contributed by atoms with van der Waals surface area (Å²) in [7, 11) is 4.12. The minimum Gasteiger partial charge on any atom is -1.00 e. The van der Waals surface area contributed by atoms with Gasteiger partial charge in [-0.15, -0.1) is 0 Å². The average Bonchev–Trinajstić information content (AvgIpc) is 2.15. The molecule has 0 atom stereocenters. The summed E-state index contributed by atoms with van der Waals surface area (Å²) in [6, 6.07) is 4.30. The summed E-state index contributed by atoms with van der Waals surface area (Å²) < 4.78 is 2.23. The first kappa shape index (κ1) is 13.4. The van der Waals surface area contributed by atoms with E-state index in [1.54, 1.807) is 0 Å². The lowest BCUT2D eigenvalue weighted by molar-refractivity contribution is -0.697. The lowest BCUT2D eigenvalue weighted by Gasteiger charge is -2.10. The van der Waals surface area contributed by atoms with Gasteiger partial charge in [0.2, 0.25) is 0 Å². The molecule has 14 heavy (non-hydrogen) atoms. The van der Waals surface area contributed by atoms with Gasteiger partial charge in [0.1, 0.15) is 6.54 Å². The van der Waals surface area contributed by atoms with Crippen molar-refractivity contribution in [3.63, 3.8) is 0 Å². The fraction of sp³-hybridized carbons (Fsp3) is 0.545. The van der Waals surface area contributed by atoms with Crippen LogP contribution >= 0.6 is 0 Å². The number of pyridine rings is 1. The minimum atomic E-state index is 0. The van der Waals surface area contributed by atoms with Gasteiger partial charge in [-0.05, 0) is 0 Å². The van der Waals surface area contributed by atoms with Gasteiger partial charge in [0.25, 0.3) is 0 Å². The molecule has 0 aliphatic heterocycles. The van der Waals surface area contributed by atoms with Crippen LogP contribution in [-0.4, -0.2) is 14.1 Å². The van der Waals surface area contributed by atoms with Crippen molar-refractivity contribution < 1.29 is 21.5 Å². The molecule has 0 saturated heterocycles. The number of rotatable bonds is 4. The van der Waals surface area contributed by atoms with E-state index in [-0.39, 0.29) is 17.0 Å². The van der Waals surface area contributed by atoms with Gasteiger partial charge in [-0.25, -0.2) is 4.57 Å². The Hall–Kier alpha value is -0.570. The molecule has 0 bridgehead atoms. The normalized spacial score (nSPS) is 9.36. The topological polar surface area (TPSA) is 7.12 Å². The van der Waals surface area contributed by atoms with Gasteiger partial charge in [0.05, 0.1) is 0 Å². The molecule has 0 saturated carbocycles. The van der Waals surface area contributed by atoms with Crippen LogP contribution in [0.5, 0.6) is 0 Å². The van der Waals surface area contributed by atoms with Crippen LogP contribution in [0.4, 0.5) is 5.69 Å². The molecule has 1 aromatic heterocycles. The standard InChI is InChI=1S/C11H19N2.BrH/c1-4-5-8-13-9-6-11(7-10-13)12(2)3;/h6-7,9-10H,4-5,8H2,1-3H3;1H/q+1;/p-1. The first-order valence-electron chi connectivity index (χ1n) is 4.90. The number of aromatic nitrogens is 1. The van der Waals surface area contributed by atoms with E-state index in [0.29, 0.717) is 0 Å². The summed E-state index contributed by atoms with van der Waals surface area (Å²) in [6.07, 6.45) is 6.80. The number of halogens is 1. The monoisotopic (exact) mass is 258 g/mol. The van der Waals surface area contributed by atoms with Crippen LogP contribution in [-0.2, 0) is 6.54 Å². The van der Waals surface area contributed by atoms with Crippen molar-refractivity contribution in [3.05, 3.63) is 24.5 Å². The fourth-order valence-electron chi connectivity index (χ4n) is 1.24. The molecule has 0 spiro atoms. The van der Waals surface area contributed by atoms with Crippen LogP contribution < -0.4 is 26.4 Å². The number of hydrogen-bond acceptors (Lipinski definition) is 1. The van der Waals surface area contributed by atoms with Crippen LogP contribution in [0.3, 0.4) is 0 Å². The quantitative estimate of drug-likeness (QED) is 0.619. The number of aryl methyl sites for hydroxylation is 1. The molecule has 0 aromatic carbocycles. The Labute approximate surface area is 97.3 Å². The van der Waals surface area contributed by atoms with E-state index in [1.807, 2.05) is 0 Å². The molecule has 0 unspecified atom stereocenters. The van der Waals surface area contributed by atoms with Gasteiger partial charge in [0, 0.05) is 38.3 Å². The average molecular weight is 259 g/mol. The van der Waals surface area contributed by atoms with Gasteiger partial charge >= 0.3 is 0 Å². The fourth-order valence-corrected chi connectivity index (χ4v) is 1.24. The molecular weight excluding hydrogens is 240 g/mol. The van der Waals surface area contributed by atoms with E-state index in [1.165, 1.54) is 18.5 Å². The Balaban J connectivity index is 0.00000169. The van der Waals surface area contributed by atoms with Crippen molar-refractivity contribution in [1.82, 2.24) is 0 Å². The zero-order valence-electron chi connectivity index (χ0n) is 9.20. The summed E-state index contributed by atoms with van der Waals surface area (Å²) in [5.74, 6) is 0. The Morgan fingerprint density at radius 1 is 1.21 bits per heavy atom. The molecule has 1 heterocycles. The number of nitrogens with zero attached hydrogens (tertiary/aromatic N) is 2. The zero-order chi connectivity index (χ0) is 9.68. The Kier molecular flexibility index (Phi) is 6.54. The molecule has 0 aliphatic carbocycles. The minimum absolute atomic E-state index is 0. The van der Waals surface area contributed by atoms with Gasteiger partial charge in [-0.3, -0.25) is 0 Å². The van der Waals surface area contributed by atoms with Crippen molar-refractivity contribution in [2.24, 2.45) is 0 Å². The molecule has 0 aliphatic rings. The third-order valence-electron chi connectivity index (χ3n) is 2.16. The highest BCUT2D eigenvalue weighted by Gasteiger charge is 2.00. The summed E-state index contributed by atoms with van der Waals surface area (Å²) in [6.45, 7) is 3.35. The smallest absolute Gasteiger partial charge is 0.170 e. The first-order valence-corrected chi connectivity index (χ1v) is 4.90. The third kappa shape index (κ3) is 4.09. The van der Waals surface area contributed by atoms with Crippen molar-refractivity contribution in [2.45, 2.75) is 26.3 Å². The van der Waals surface area contributed by atoms with Gasteiger partial charge in [-0.2, -0.15) is 0 Å². The molecular formula is C11H19BrN2. The van der Waals surface area contributed by atoms with Crippen molar-refractivity contribution >= 4 is 5.69 Å². The Bertz CT molecular complexity index is 244. The molecule has 0 radical (unpaired) electrons. The predicted octanol–water partition coefficient (Wildman–Crippen LogP) is -1.16. The summed E-state index contributed by atoms with van der Waals surface area (Å²) >= 11 is 0. The summed E-state index contributed by atoms with van der Waals surface area (Å²) in [5, 5.41) is 0. The first-order chi connectivity index (χ1) is 6.24. The number of anilines is 1. The van der Waals surface area contributed by atoms with E-state index < -0.39 is 0 Å². The maximum atomic E-state index is 2.23. The number of hydrogen-bond donors (Lipinski definition) is 0. The highest BCUT2D eigenvalue weighted by atomic mass is 79.9. The van der Waals surface area contributed by atoms with E-state index >= 15 is 0 Å². The molecule has 1 aromatic rings. The van der Waals surface area contributed by atoms with Crippen LogP contribution in [0.25, 0.3) is 0 Å². The van der Waals surface area contributed by atoms with Crippen molar-refractivity contribution in [1.29, 1.82) is 0 Å². The Morgan fingerprint density at radius 2 is 1.79 bits per heavy atom. The molecule has 80 valence electrons. The van der Waals surface area contributed by atoms with Gasteiger partial charge in [-0.1, -0.05) is 13.3 Å². The molecule has 0 N–H and O–H groups in total. The molecule has 0 fully saturated rings. The molecule has 2 nitrogen and oxygen atoms in total. The molecule has 0 amide bonds. The van der Waals surface area contributed by atoms with Gasteiger partial charge in [0.15, 0.2) is 12.4 Å². The van der Waals surface area contributed by atoms with Crippen LogP contribution in [0.2, 0.25) is 0 Å². The second-order valence-electron chi connectivity index (χ2n) is 3.54.